The van der Waals surface area contributed by atoms with Crippen molar-refractivity contribution in [3.63, 3.8) is 0 Å². The van der Waals surface area contributed by atoms with Crippen molar-refractivity contribution in [3.05, 3.63) is 47.2 Å². The van der Waals surface area contributed by atoms with E-state index in [0.29, 0.717) is 23.9 Å². The first-order valence-corrected chi connectivity index (χ1v) is 7.85. The number of aryl methyl sites for hydroxylation is 1. The summed E-state index contributed by atoms with van der Waals surface area (Å²) in [4.78, 5) is 24.7. The first kappa shape index (κ1) is 15.6. The lowest BCUT2D eigenvalue weighted by Gasteiger charge is -2.35. The first-order valence-electron chi connectivity index (χ1n) is 7.47. The van der Waals surface area contributed by atoms with E-state index in [1.54, 1.807) is 23.4 Å². The van der Waals surface area contributed by atoms with Crippen LogP contribution in [-0.4, -0.2) is 47.1 Å². The predicted octanol–water partition coefficient (Wildman–Crippen LogP) is 2.79. The summed E-state index contributed by atoms with van der Waals surface area (Å²) in [5, 5.41) is 3.45. The number of piperazine rings is 1. The van der Waals surface area contributed by atoms with E-state index in [4.69, 9.17) is 11.6 Å². The number of hydrogen-bond acceptors (Lipinski definition) is 4. The third kappa shape index (κ3) is 3.90. The molecule has 0 atom stereocenters. The van der Waals surface area contributed by atoms with Gasteiger partial charge < -0.3 is 9.80 Å². The Morgan fingerprint density at radius 3 is 2.48 bits per heavy atom. The van der Waals surface area contributed by atoms with E-state index in [2.05, 4.69) is 20.2 Å². The minimum atomic E-state index is -0.120. The highest BCUT2D eigenvalue weighted by atomic mass is 35.5. The fraction of sp³-hybridized carbons (Fsp3) is 0.312. The van der Waals surface area contributed by atoms with Crippen LogP contribution in [0.3, 0.4) is 0 Å². The molecule has 0 aliphatic carbocycles. The molecule has 0 saturated carbocycles. The average Bonchev–Trinajstić information content (AvgIpc) is 2.58. The van der Waals surface area contributed by atoms with Crippen LogP contribution < -0.4 is 10.2 Å². The van der Waals surface area contributed by atoms with Crippen LogP contribution in [0, 0.1) is 6.92 Å². The molecule has 2 amide bonds. The molecule has 0 unspecified atom stereocenters. The molecule has 0 radical (unpaired) electrons. The fourth-order valence-corrected chi connectivity index (χ4v) is 2.54. The predicted molar refractivity (Wildman–Crippen MR) is 91.0 cm³/mol. The summed E-state index contributed by atoms with van der Waals surface area (Å²) in [7, 11) is 0. The van der Waals surface area contributed by atoms with E-state index >= 15 is 0 Å². The maximum atomic E-state index is 12.3. The highest BCUT2D eigenvalue weighted by molar-refractivity contribution is 6.30. The van der Waals surface area contributed by atoms with Crippen molar-refractivity contribution >= 4 is 29.3 Å². The Hall–Kier alpha value is -2.34. The summed E-state index contributed by atoms with van der Waals surface area (Å²) in [5.74, 6) is 1.46. The van der Waals surface area contributed by atoms with Gasteiger partial charge in [0, 0.05) is 38.6 Å². The van der Waals surface area contributed by atoms with Crippen LogP contribution in [-0.2, 0) is 0 Å². The second kappa shape index (κ2) is 6.83. The van der Waals surface area contributed by atoms with Crippen molar-refractivity contribution in [2.75, 3.05) is 36.4 Å². The topological polar surface area (TPSA) is 61.4 Å². The SMILES string of the molecule is Cc1ccc(NC(=O)N2CCN(c3ccc(Cl)cn3)CC2)nc1. The van der Waals surface area contributed by atoms with E-state index in [1.165, 1.54) is 0 Å². The highest BCUT2D eigenvalue weighted by Crippen LogP contribution is 2.16. The van der Waals surface area contributed by atoms with Gasteiger partial charge in [-0.15, -0.1) is 0 Å². The van der Waals surface area contributed by atoms with Gasteiger partial charge in [-0.2, -0.15) is 0 Å². The van der Waals surface area contributed by atoms with Gasteiger partial charge in [-0.1, -0.05) is 17.7 Å². The molecule has 0 aromatic carbocycles. The van der Waals surface area contributed by atoms with Gasteiger partial charge in [0.05, 0.1) is 5.02 Å². The highest BCUT2D eigenvalue weighted by Gasteiger charge is 2.22. The van der Waals surface area contributed by atoms with Crippen molar-refractivity contribution in [1.82, 2.24) is 14.9 Å². The Balaban J connectivity index is 1.54. The zero-order chi connectivity index (χ0) is 16.2. The lowest BCUT2D eigenvalue weighted by Crippen LogP contribution is -2.50. The molecule has 3 heterocycles. The van der Waals surface area contributed by atoms with Crippen LogP contribution >= 0.6 is 11.6 Å². The van der Waals surface area contributed by atoms with Crippen LogP contribution in [0.2, 0.25) is 5.02 Å². The van der Waals surface area contributed by atoms with E-state index < -0.39 is 0 Å². The molecule has 7 heteroatoms. The maximum absolute atomic E-state index is 12.3. The summed E-state index contributed by atoms with van der Waals surface area (Å²) in [5.41, 5.74) is 1.06. The summed E-state index contributed by atoms with van der Waals surface area (Å²) >= 11 is 5.85. The zero-order valence-corrected chi connectivity index (χ0v) is 13.6. The first-order chi connectivity index (χ1) is 11.1. The quantitative estimate of drug-likeness (QED) is 0.919. The normalized spacial score (nSPS) is 14.7. The number of anilines is 2. The molecule has 2 aromatic rings. The smallest absolute Gasteiger partial charge is 0.323 e. The number of pyridine rings is 2. The van der Waals surface area contributed by atoms with Gasteiger partial charge in [-0.3, -0.25) is 5.32 Å². The van der Waals surface area contributed by atoms with E-state index in [9.17, 15) is 4.79 Å². The molecule has 6 nitrogen and oxygen atoms in total. The Bertz CT molecular complexity index is 666. The summed E-state index contributed by atoms with van der Waals surface area (Å²) < 4.78 is 0. The summed E-state index contributed by atoms with van der Waals surface area (Å²) in [6, 6.07) is 7.33. The molecule has 1 aliphatic heterocycles. The average molecular weight is 332 g/mol. The van der Waals surface area contributed by atoms with Crippen molar-refractivity contribution in [1.29, 1.82) is 0 Å². The van der Waals surface area contributed by atoms with E-state index in [0.717, 1.165) is 24.5 Å². The standard InChI is InChI=1S/C16H18ClN5O/c1-12-2-4-14(18-10-12)20-16(23)22-8-6-21(7-9-22)15-5-3-13(17)11-19-15/h2-5,10-11H,6-9H2,1H3,(H,18,20,23). The van der Waals surface area contributed by atoms with Crippen LogP contribution in [0.4, 0.5) is 16.4 Å². The molecule has 0 spiro atoms. The molecule has 1 N–H and O–H groups in total. The molecule has 120 valence electrons. The number of halogens is 1. The maximum Gasteiger partial charge on any atom is 0.323 e. The fourth-order valence-electron chi connectivity index (χ4n) is 2.42. The Kier molecular flexibility index (Phi) is 4.62. The van der Waals surface area contributed by atoms with E-state index in [-0.39, 0.29) is 6.03 Å². The number of amides is 2. The third-order valence-corrected chi connectivity index (χ3v) is 3.97. The molecular formula is C16H18ClN5O. The number of carbonyl (C=O) groups is 1. The van der Waals surface area contributed by atoms with Gasteiger partial charge in [-0.05, 0) is 30.7 Å². The molecule has 1 fully saturated rings. The third-order valence-electron chi connectivity index (χ3n) is 3.75. The second-order valence-electron chi connectivity index (χ2n) is 5.46. The number of nitrogens with one attached hydrogen (secondary N) is 1. The van der Waals surface area contributed by atoms with Gasteiger partial charge in [0.1, 0.15) is 11.6 Å². The summed E-state index contributed by atoms with van der Waals surface area (Å²) in [6.45, 7) is 4.72. The van der Waals surface area contributed by atoms with Gasteiger partial charge in [0.2, 0.25) is 0 Å². The molecular weight excluding hydrogens is 314 g/mol. The number of hydrogen-bond donors (Lipinski definition) is 1. The van der Waals surface area contributed by atoms with Gasteiger partial charge in [0.15, 0.2) is 0 Å². The molecule has 3 rings (SSSR count). The minimum Gasteiger partial charge on any atom is -0.353 e. The number of rotatable bonds is 2. The van der Waals surface area contributed by atoms with E-state index in [1.807, 2.05) is 25.1 Å². The van der Waals surface area contributed by atoms with Crippen molar-refractivity contribution in [3.8, 4) is 0 Å². The molecule has 1 saturated heterocycles. The van der Waals surface area contributed by atoms with Crippen molar-refractivity contribution in [2.45, 2.75) is 6.92 Å². The monoisotopic (exact) mass is 331 g/mol. The Labute approximate surface area is 140 Å². The minimum absolute atomic E-state index is 0.120. The second-order valence-corrected chi connectivity index (χ2v) is 5.90. The van der Waals surface area contributed by atoms with Gasteiger partial charge >= 0.3 is 6.03 Å². The van der Waals surface area contributed by atoms with Crippen molar-refractivity contribution in [2.24, 2.45) is 0 Å². The van der Waals surface area contributed by atoms with Crippen LogP contribution in [0.15, 0.2) is 36.7 Å². The van der Waals surface area contributed by atoms with Crippen molar-refractivity contribution < 1.29 is 4.79 Å². The van der Waals surface area contributed by atoms with Crippen LogP contribution in [0.5, 0.6) is 0 Å². The van der Waals surface area contributed by atoms with Crippen LogP contribution in [0.25, 0.3) is 0 Å². The summed E-state index contributed by atoms with van der Waals surface area (Å²) in [6.07, 6.45) is 3.37. The number of aromatic nitrogens is 2. The molecule has 2 aromatic heterocycles. The largest absolute Gasteiger partial charge is 0.353 e. The zero-order valence-electron chi connectivity index (χ0n) is 12.9. The lowest BCUT2D eigenvalue weighted by atomic mass is 10.3. The molecule has 23 heavy (non-hydrogen) atoms. The Morgan fingerprint density at radius 1 is 1.09 bits per heavy atom. The van der Waals surface area contributed by atoms with Gasteiger partial charge in [-0.25, -0.2) is 14.8 Å². The molecule has 0 bridgehead atoms. The Morgan fingerprint density at radius 2 is 1.87 bits per heavy atom. The molecule has 1 aliphatic rings. The number of urea groups is 1. The number of nitrogens with zero attached hydrogens (tertiary/aromatic N) is 4. The lowest BCUT2D eigenvalue weighted by molar-refractivity contribution is 0.208. The van der Waals surface area contributed by atoms with Crippen LogP contribution in [0.1, 0.15) is 5.56 Å². The van der Waals surface area contributed by atoms with Gasteiger partial charge in [0.25, 0.3) is 0 Å². The number of carbonyl (C=O) groups excluding carboxylic acids is 1.